The molecule has 5 nitrogen and oxygen atoms in total. The molecule has 1 heterocycles. The Morgan fingerprint density at radius 1 is 1.09 bits per heavy atom. The zero-order valence-corrected chi connectivity index (χ0v) is 11.8. The van der Waals surface area contributed by atoms with Crippen LogP contribution in [-0.2, 0) is 11.2 Å². The van der Waals surface area contributed by atoms with Crippen molar-refractivity contribution in [2.75, 3.05) is 0 Å². The van der Waals surface area contributed by atoms with Gasteiger partial charge in [-0.05, 0) is 35.9 Å². The molecule has 0 saturated carbocycles. The van der Waals surface area contributed by atoms with Gasteiger partial charge in [0.2, 0.25) is 0 Å². The molecule has 6 heteroatoms. The monoisotopic (exact) mass is 313 g/mol. The van der Waals surface area contributed by atoms with Gasteiger partial charge in [0.15, 0.2) is 0 Å². The van der Waals surface area contributed by atoms with E-state index >= 15 is 0 Å². The van der Waals surface area contributed by atoms with E-state index in [1.54, 1.807) is 12.1 Å². The van der Waals surface area contributed by atoms with Crippen molar-refractivity contribution >= 4 is 22.8 Å². The molecule has 0 aliphatic rings. The van der Waals surface area contributed by atoms with Crippen LogP contribution in [0.2, 0.25) is 0 Å². The number of hydrogen-bond donors (Lipinski definition) is 3. The van der Waals surface area contributed by atoms with Crippen LogP contribution in [0.1, 0.15) is 15.9 Å². The molecule has 3 aromatic rings. The Morgan fingerprint density at radius 3 is 2.52 bits per heavy atom. The van der Waals surface area contributed by atoms with Crippen LogP contribution in [0.4, 0.5) is 4.39 Å². The maximum absolute atomic E-state index is 13.5. The SMILES string of the molecule is O=C(O)Cc1c(-c2cccc(F)c2)[nH]c2ccc(C(=O)O)cc12. The first-order valence-electron chi connectivity index (χ1n) is 6.81. The molecule has 0 saturated heterocycles. The second-order valence-corrected chi connectivity index (χ2v) is 5.12. The summed E-state index contributed by atoms with van der Waals surface area (Å²) >= 11 is 0. The first-order valence-corrected chi connectivity index (χ1v) is 6.81. The third-order valence-electron chi connectivity index (χ3n) is 3.59. The molecule has 0 aliphatic carbocycles. The molecule has 0 fully saturated rings. The first-order chi connectivity index (χ1) is 11.0. The standard InChI is InChI=1S/C17H12FNO4/c18-11-3-1-2-9(6-11)16-13(8-15(20)21)12-7-10(17(22)23)4-5-14(12)19-16/h1-7,19H,8H2,(H,20,21)(H,22,23). The second kappa shape index (κ2) is 5.57. The fourth-order valence-electron chi connectivity index (χ4n) is 2.61. The quantitative estimate of drug-likeness (QED) is 0.689. The van der Waals surface area contributed by atoms with E-state index in [2.05, 4.69) is 4.98 Å². The Labute approximate surface area is 130 Å². The van der Waals surface area contributed by atoms with Crippen LogP contribution in [0.3, 0.4) is 0 Å². The van der Waals surface area contributed by atoms with Gasteiger partial charge >= 0.3 is 11.9 Å². The number of nitrogens with one attached hydrogen (secondary N) is 1. The van der Waals surface area contributed by atoms with Gasteiger partial charge in [0.25, 0.3) is 0 Å². The van der Waals surface area contributed by atoms with E-state index in [0.29, 0.717) is 27.7 Å². The molecule has 3 rings (SSSR count). The van der Waals surface area contributed by atoms with Crippen LogP contribution >= 0.6 is 0 Å². The minimum Gasteiger partial charge on any atom is -0.481 e. The smallest absolute Gasteiger partial charge is 0.335 e. The van der Waals surface area contributed by atoms with Crippen molar-refractivity contribution in [3.8, 4) is 11.3 Å². The average Bonchev–Trinajstić information content (AvgIpc) is 2.84. The minimum absolute atomic E-state index is 0.0638. The van der Waals surface area contributed by atoms with Crippen molar-refractivity contribution in [3.63, 3.8) is 0 Å². The predicted molar refractivity (Wildman–Crippen MR) is 82.0 cm³/mol. The molecule has 0 unspecified atom stereocenters. The Balaban J connectivity index is 2.28. The van der Waals surface area contributed by atoms with Gasteiger partial charge in [0.1, 0.15) is 5.82 Å². The lowest BCUT2D eigenvalue weighted by atomic mass is 10.0. The van der Waals surface area contributed by atoms with E-state index in [1.807, 2.05) is 0 Å². The summed E-state index contributed by atoms with van der Waals surface area (Å²) in [4.78, 5) is 25.4. The number of rotatable bonds is 4. The number of carboxylic acids is 2. The van der Waals surface area contributed by atoms with E-state index < -0.39 is 17.8 Å². The van der Waals surface area contributed by atoms with Crippen LogP contribution in [0.15, 0.2) is 42.5 Å². The van der Waals surface area contributed by atoms with Gasteiger partial charge in [-0.3, -0.25) is 4.79 Å². The Morgan fingerprint density at radius 2 is 1.87 bits per heavy atom. The number of aromatic nitrogens is 1. The summed E-state index contributed by atoms with van der Waals surface area (Å²) in [5.74, 6) is -2.58. The number of benzene rings is 2. The van der Waals surface area contributed by atoms with Crippen molar-refractivity contribution in [3.05, 3.63) is 59.4 Å². The first kappa shape index (κ1) is 14.8. The third kappa shape index (κ3) is 2.78. The highest BCUT2D eigenvalue weighted by atomic mass is 19.1. The van der Waals surface area contributed by atoms with E-state index in [1.165, 1.54) is 30.3 Å². The summed E-state index contributed by atoms with van der Waals surface area (Å²) in [6.45, 7) is 0. The average molecular weight is 313 g/mol. The number of aliphatic carboxylic acids is 1. The van der Waals surface area contributed by atoms with E-state index in [-0.39, 0.29) is 12.0 Å². The summed E-state index contributed by atoms with van der Waals surface area (Å²) in [5, 5.41) is 18.8. The summed E-state index contributed by atoms with van der Waals surface area (Å²) in [5.41, 5.74) is 2.08. The topological polar surface area (TPSA) is 90.4 Å². The molecule has 0 spiro atoms. The van der Waals surface area contributed by atoms with Crippen LogP contribution in [0, 0.1) is 5.82 Å². The molecule has 1 aromatic heterocycles. The molecular formula is C17H12FNO4. The lowest BCUT2D eigenvalue weighted by molar-refractivity contribution is -0.136. The van der Waals surface area contributed by atoms with Crippen LogP contribution in [-0.4, -0.2) is 27.1 Å². The zero-order valence-electron chi connectivity index (χ0n) is 11.8. The summed E-state index contributed by atoms with van der Waals surface area (Å²) in [6, 6.07) is 10.2. The van der Waals surface area contributed by atoms with Gasteiger partial charge in [-0.25, -0.2) is 9.18 Å². The molecule has 0 radical (unpaired) electrons. The second-order valence-electron chi connectivity index (χ2n) is 5.12. The van der Waals surface area contributed by atoms with Crippen molar-refractivity contribution < 1.29 is 24.2 Å². The molecular weight excluding hydrogens is 301 g/mol. The minimum atomic E-state index is -1.10. The van der Waals surface area contributed by atoms with Crippen molar-refractivity contribution in [2.45, 2.75) is 6.42 Å². The largest absolute Gasteiger partial charge is 0.481 e. The fourth-order valence-corrected chi connectivity index (χ4v) is 2.61. The van der Waals surface area contributed by atoms with Crippen LogP contribution in [0.25, 0.3) is 22.2 Å². The lowest BCUT2D eigenvalue weighted by Gasteiger charge is -2.03. The normalized spacial score (nSPS) is 10.8. The summed E-state index contributed by atoms with van der Waals surface area (Å²) < 4.78 is 13.5. The Bertz CT molecular complexity index is 929. The van der Waals surface area contributed by atoms with Gasteiger partial charge in [-0.2, -0.15) is 0 Å². The maximum Gasteiger partial charge on any atom is 0.335 e. The number of H-pyrrole nitrogens is 1. The van der Waals surface area contributed by atoms with E-state index in [9.17, 15) is 14.0 Å². The van der Waals surface area contributed by atoms with Crippen molar-refractivity contribution in [1.82, 2.24) is 4.98 Å². The lowest BCUT2D eigenvalue weighted by Crippen LogP contribution is -2.01. The van der Waals surface area contributed by atoms with Crippen molar-refractivity contribution in [1.29, 1.82) is 0 Å². The zero-order chi connectivity index (χ0) is 16.6. The fraction of sp³-hybridized carbons (Fsp3) is 0.0588. The highest BCUT2D eigenvalue weighted by Gasteiger charge is 2.17. The van der Waals surface area contributed by atoms with E-state index in [4.69, 9.17) is 10.2 Å². The number of aromatic amines is 1. The maximum atomic E-state index is 13.5. The highest BCUT2D eigenvalue weighted by molar-refractivity contribution is 5.99. The van der Waals surface area contributed by atoms with Gasteiger partial charge < -0.3 is 15.2 Å². The van der Waals surface area contributed by atoms with Gasteiger partial charge in [-0.15, -0.1) is 0 Å². The molecule has 0 bridgehead atoms. The molecule has 0 aliphatic heterocycles. The Hall–Kier alpha value is -3.15. The third-order valence-corrected chi connectivity index (χ3v) is 3.59. The predicted octanol–water partition coefficient (Wildman–Crippen LogP) is 3.30. The van der Waals surface area contributed by atoms with Crippen LogP contribution < -0.4 is 0 Å². The summed E-state index contributed by atoms with van der Waals surface area (Å²) in [7, 11) is 0. The summed E-state index contributed by atoms with van der Waals surface area (Å²) in [6.07, 6.45) is -0.297. The molecule has 3 N–H and O–H groups in total. The molecule has 2 aromatic carbocycles. The molecule has 0 amide bonds. The van der Waals surface area contributed by atoms with Gasteiger partial charge in [0, 0.05) is 16.5 Å². The number of halogens is 1. The van der Waals surface area contributed by atoms with Gasteiger partial charge in [-0.1, -0.05) is 12.1 Å². The number of hydrogen-bond acceptors (Lipinski definition) is 2. The van der Waals surface area contributed by atoms with Crippen molar-refractivity contribution in [2.24, 2.45) is 0 Å². The molecule has 23 heavy (non-hydrogen) atoms. The molecule has 0 atom stereocenters. The number of fused-ring (bicyclic) bond motifs is 1. The highest BCUT2D eigenvalue weighted by Crippen LogP contribution is 2.31. The van der Waals surface area contributed by atoms with E-state index in [0.717, 1.165) is 0 Å². The van der Waals surface area contributed by atoms with Gasteiger partial charge in [0.05, 0.1) is 17.7 Å². The Kier molecular flexibility index (Phi) is 3.57. The number of carboxylic acid groups (broad SMARTS) is 2. The number of carbonyl (C=O) groups is 2. The molecule has 116 valence electrons. The number of aromatic carboxylic acids is 1. The van der Waals surface area contributed by atoms with Crippen LogP contribution in [0.5, 0.6) is 0 Å².